The molecule has 0 aliphatic rings. The van der Waals surface area contributed by atoms with Crippen LogP contribution in [0.1, 0.15) is 0 Å². The number of nitrogens with zero attached hydrogens (tertiary/aromatic N) is 1. The van der Waals surface area contributed by atoms with E-state index in [0.717, 1.165) is 66.3 Å². The summed E-state index contributed by atoms with van der Waals surface area (Å²) in [6.07, 6.45) is 0. The second kappa shape index (κ2) is 10.1. The Morgan fingerprint density at radius 3 is 1.87 bits per heavy atom. The van der Waals surface area contributed by atoms with Crippen molar-refractivity contribution in [3.05, 3.63) is 164 Å². The maximum atomic E-state index is 6.48. The number of rotatable bonds is 4. The van der Waals surface area contributed by atoms with Gasteiger partial charge in [-0.2, -0.15) is 0 Å². The third kappa shape index (κ3) is 4.07. The molecule has 0 aliphatic heterocycles. The fourth-order valence-corrected chi connectivity index (χ4v) is 7.21. The number of para-hydroxylation sites is 2. The normalized spacial score (nSPS) is 11.8. The lowest BCUT2D eigenvalue weighted by molar-refractivity contribution is 0.669. The number of hydrogen-bond donors (Lipinski definition) is 0. The van der Waals surface area contributed by atoms with E-state index in [0.29, 0.717) is 0 Å². The van der Waals surface area contributed by atoms with Gasteiger partial charge in [-0.15, -0.1) is 0 Å². The van der Waals surface area contributed by atoms with Gasteiger partial charge in [0, 0.05) is 44.4 Å². The van der Waals surface area contributed by atoms with Crippen LogP contribution in [-0.2, 0) is 0 Å². The molecule has 0 saturated heterocycles. The summed E-state index contributed by atoms with van der Waals surface area (Å²) in [5.74, 6) is 0. The highest BCUT2D eigenvalue weighted by Gasteiger charge is 2.19. The molecule has 0 fully saturated rings. The first-order chi connectivity index (χ1) is 23.3. The maximum absolute atomic E-state index is 6.48. The molecule has 0 saturated carbocycles. The molecule has 0 amide bonds. The van der Waals surface area contributed by atoms with Crippen LogP contribution in [0.25, 0.3) is 76.5 Å². The van der Waals surface area contributed by atoms with E-state index in [2.05, 4.69) is 150 Å². The zero-order chi connectivity index (χ0) is 30.9. The lowest BCUT2D eigenvalue weighted by Crippen LogP contribution is -2.10. The van der Waals surface area contributed by atoms with Crippen molar-refractivity contribution in [1.29, 1.82) is 0 Å². The van der Waals surface area contributed by atoms with Gasteiger partial charge in [-0.3, -0.25) is 0 Å². The van der Waals surface area contributed by atoms with E-state index in [4.69, 9.17) is 8.83 Å². The number of benzene rings is 8. The van der Waals surface area contributed by atoms with Crippen LogP contribution in [0, 0.1) is 0 Å². The van der Waals surface area contributed by atoms with Crippen LogP contribution < -0.4 is 4.90 Å². The topological polar surface area (TPSA) is 29.5 Å². The Labute approximate surface area is 270 Å². The Morgan fingerprint density at radius 2 is 1.00 bits per heavy atom. The Kier molecular flexibility index (Phi) is 5.57. The molecule has 0 N–H and O–H groups in total. The summed E-state index contributed by atoms with van der Waals surface area (Å²) in [6.45, 7) is 0. The molecule has 220 valence electrons. The van der Waals surface area contributed by atoms with Crippen LogP contribution in [-0.4, -0.2) is 0 Å². The lowest BCUT2D eigenvalue weighted by Gasteiger charge is -2.27. The molecule has 0 unspecified atom stereocenters. The van der Waals surface area contributed by atoms with Crippen molar-refractivity contribution in [3.63, 3.8) is 0 Å². The van der Waals surface area contributed by atoms with Crippen LogP contribution in [0.5, 0.6) is 0 Å². The van der Waals surface area contributed by atoms with Gasteiger partial charge in [-0.25, -0.2) is 0 Å². The molecule has 8 aromatic carbocycles. The van der Waals surface area contributed by atoms with Gasteiger partial charge < -0.3 is 13.7 Å². The first-order valence-corrected chi connectivity index (χ1v) is 15.9. The van der Waals surface area contributed by atoms with Crippen LogP contribution in [0.4, 0.5) is 17.1 Å². The largest absolute Gasteiger partial charge is 0.456 e. The number of hydrogen-bond acceptors (Lipinski definition) is 3. The summed E-state index contributed by atoms with van der Waals surface area (Å²) in [4.78, 5) is 2.33. The maximum Gasteiger partial charge on any atom is 0.137 e. The third-order valence-corrected chi connectivity index (χ3v) is 9.43. The average molecular weight is 602 g/mol. The smallest absolute Gasteiger partial charge is 0.137 e. The molecule has 2 aromatic heterocycles. The van der Waals surface area contributed by atoms with E-state index in [1.165, 1.54) is 27.3 Å². The minimum atomic E-state index is 0.863. The minimum absolute atomic E-state index is 0.863. The minimum Gasteiger partial charge on any atom is -0.456 e. The second-order valence-electron chi connectivity index (χ2n) is 12.1. The Bertz CT molecular complexity index is 2790. The predicted octanol–water partition coefficient (Wildman–Crippen LogP) is 12.9. The van der Waals surface area contributed by atoms with Crippen LogP contribution in [0.15, 0.2) is 173 Å². The van der Waals surface area contributed by atoms with Gasteiger partial charge >= 0.3 is 0 Å². The Balaban J connectivity index is 1.16. The monoisotopic (exact) mass is 601 g/mol. The highest BCUT2D eigenvalue weighted by Crippen LogP contribution is 2.43. The Hall–Kier alpha value is -6.32. The molecule has 0 bridgehead atoms. The predicted molar refractivity (Wildman–Crippen MR) is 196 cm³/mol. The summed E-state index contributed by atoms with van der Waals surface area (Å²) in [7, 11) is 0. The van der Waals surface area contributed by atoms with Crippen molar-refractivity contribution in [1.82, 2.24) is 0 Å². The highest BCUT2D eigenvalue weighted by molar-refractivity contribution is 6.18. The van der Waals surface area contributed by atoms with Gasteiger partial charge in [0.05, 0.1) is 5.69 Å². The van der Waals surface area contributed by atoms with E-state index in [-0.39, 0.29) is 0 Å². The van der Waals surface area contributed by atoms with E-state index < -0.39 is 0 Å². The quantitative estimate of drug-likeness (QED) is 0.188. The summed E-state index contributed by atoms with van der Waals surface area (Å²) in [6, 6.07) is 57.8. The number of furan rings is 2. The second-order valence-corrected chi connectivity index (χ2v) is 12.1. The number of anilines is 3. The van der Waals surface area contributed by atoms with Gasteiger partial charge in [0.1, 0.15) is 22.3 Å². The molecule has 0 radical (unpaired) electrons. The van der Waals surface area contributed by atoms with Crippen molar-refractivity contribution in [2.75, 3.05) is 4.90 Å². The molecule has 0 aliphatic carbocycles. The van der Waals surface area contributed by atoms with Crippen LogP contribution in [0.3, 0.4) is 0 Å². The van der Waals surface area contributed by atoms with E-state index in [9.17, 15) is 0 Å². The van der Waals surface area contributed by atoms with Crippen molar-refractivity contribution in [2.45, 2.75) is 0 Å². The first kappa shape index (κ1) is 26.0. The Morgan fingerprint density at radius 1 is 0.319 bits per heavy atom. The fourth-order valence-electron chi connectivity index (χ4n) is 7.21. The van der Waals surface area contributed by atoms with Gasteiger partial charge in [0.15, 0.2) is 0 Å². The summed E-state index contributed by atoms with van der Waals surface area (Å²) >= 11 is 0. The summed E-state index contributed by atoms with van der Waals surface area (Å²) < 4.78 is 12.8. The molecule has 0 spiro atoms. The third-order valence-electron chi connectivity index (χ3n) is 9.43. The molecule has 2 heterocycles. The molecule has 3 heteroatoms. The molecule has 10 aromatic rings. The van der Waals surface area contributed by atoms with Gasteiger partial charge in [0.2, 0.25) is 0 Å². The van der Waals surface area contributed by atoms with Gasteiger partial charge in [-0.1, -0.05) is 97.1 Å². The van der Waals surface area contributed by atoms with Crippen LogP contribution in [0.2, 0.25) is 0 Å². The molecular weight excluding hydrogens is 574 g/mol. The SMILES string of the molecule is c1ccc(-c2ccc3oc4cc(N(c5ccccc5)c5cccc6c5ccc5cc7c(cc56)oc5ccccc57)ccc4c3c2)cc1. The number of fused-ring (bicyclic) bond motifs is 9. The molecule has 3 nitrogen and oxygen atoms in total. The zero-order valence-electron chi connectivity index (χ0n) is 25.4. The van der Waals surface area contributed by atoms with E-state index >= 15 is 0 Å². The molecular formula is C44H27NO2. The van der Waals surface area contributed by atoms with Crippen molar-refractivity contribution in [3.8, 4) is 11.1 Å². The molecule has 0 atom stereocenters. The van der Waals surface area contributed by atoms with Gasteiger partial charge in [0.25, 0.3) is 0 Å². The van der Waals surface area contributed by atoms with E-state index in [1.807, 2.05) is 18.2 Å². The van der Waals surface area contributed by atoms with Crippen molar-refractivity contribution in [2.24, 2.45) is 0 Å². The van der Waals surface area contributed by atoms with E-state index in [1.54, 1.807) is 0 Å². The van der Waals surface area contributed by atoms with Crippen LogP contribution >= 0.6 is 0 Å². The summed E-state index contributed by atoms with van der Waals surface area (Å²) in [5.41, 5.74) is 9.15. The standard InChI is InChI=1S/C44H27NO2/c1-3-10-28(11-4-1)29-19-23-42-38(24-29)36-22-20-32(26-43(36)47-42)45(31-12-5-2-6-13-31)40-16-9-15-33-34(40)21-18-30-25-39-35-14-7-8-17-41(35)46-44(39)27-37(30)33/h1-27H. The van der Waals surface area contributed by atoms with Crippen molar-refractivity contribution < 1.29 is 8.83 Å². The zero-order valence-corrected chi connectivity index (χ0v) is 25.4. The lowest BCUT2D eigenvalue weighted by atomic mass is 9.98. The highest BCUT2D eigenvalue weighted by atomic mass is 16.3. The summed E-state index contributed by atoms with van der Waals surface area (Å²) in [5, 5.41) is 9.22. The first-order valence-electron chi connectivity index (χ1n) is 15.9. The molecule has 47 heavy (non-hydrogen) atoms. The van der Waals surface area contributed by atoms with Gasteiger partial charge in [-0.05, 0) is 87.9 Å². The van der Waals surface area contributed by atoms with Crippen molar-refractivity contribution >= 4 is 82.5 Å². The average Bonchev–Trinajstić information content (AvgIpc) is 3.68. The molecule has 10 rings (SSSR count). The fraction of sp³-hybridized carbons (Fsp3) is 0.